The second-order valence-corrected chi connectivity index (χ2v) is 10.9. The molecule has 0 spiro atoms. The average molecular weight is 529 g/mol. The lowest BCUT2D eigenvalue weighted by molar-refractivity contribution is -0.115. The van der Waals surface area contributed by atoms with Gasteiger partial charge in [0.05, 0.1) is 10.1 Å². The molecule has 0 fully saturated rings. The number of primary sulfonamides is 1. The molecule has 0 bridgehead atoms. The lowest BCUT2D eigenvalue weighted by atomic mass is 10.1. The van der Waals surface area contributed by atoms with Crippen LogP contribution in [0.1, 0.15) is 24.2 Å². The van der Waals surface area contributed by atoms with E-state index >= 15 is 0 Å². The maximum absolute atomic E-state index is 12.6. The van der Waals surface area contributed by atoms with Crippen LogP contribution in [-0.2, 0) is 14.8 Å². The van der Waals surface area contributed by atoms with Gasteiger partial charge in [0.15, 0.2) is 10.9 Å². The van der Waals surface area contributed by atoms with Gasteiger partial charge in [0.1, 0.15) is 0 Å². The van der Waals surface area contributed by atoms with Crippen molar-refractivity contribution in [3.8, 4) is 0 Å². The van der Waals surface area contributed by atoms with E-state index in [4.69, 9.17) is 17.4 Å². The highest BCUT2D eigenvalue weighted by atomic mass is 32.2. The number of nitrogens with two attached hydrogens (primary N) is 1. The van der Waals surface area contributed by atoms with Crippen molar-refractivity contribution in [3.05, 3.63) is 78.4 Å². The summed E-state index contributed by atoms with van der Waals surface area (Å²) in [6.07, 6.45) is 0. The van der Waals surface area contributed by atoms with Gasteiger partial charge < -0.3 is 16.0 Å². The fourth-order valence-electron chi connectivity index (χ4n) is 2.96. The second-order valence-electron chi connectivity index (χ2n) is 7.56. The summed E-state index contributed by atoms with van der Waals surface area (Å²) < 4.78 is 22.7. The maximum Gasteiger partial charge on any atom is 0.238 e. The molecule has 1 atom stereocenters. The molecule has 5 N–H and O–H groups in total. The second kappa shape index (κ2) is 11.5. The first-order valence-corrected chi connectivity index (χ1v) is 13.2. The fraction of sp³-hybridized carbons (Fsp3) is 0.125. The molecule has 8 nitrogen and oxygen atoms in total. The molecule has 1 unspecified atom stereocenters. The van der Waals surface area contributed by atoms with Gasteiger partial charge in [-0.05, 0) is 92.8 Å². The summed E-state index contributed by atoms with van der Waals surface area (Å²) in [6, 6.07) is 20.1. The number of hydrogen-bond acceptors (Lipinski definition) is 6. The molecule has 0 heterocycles. The van der Waals surface area contributed by atoms with Gasteiger partial charge in [-0.1, -0.05) is 6.07 Å². The molecule has 3 aromatic rings. The number of Topliss-reactive ketones (excluding diaryl/α,β-unsaturated/α-hetero) is 1. The molecule has 3 aromatic carbocycles. The molecular formula is C24H24N4O4S3. The van der Waals surface area contributed by atoms with Crippen LogP contribution in [0.5, 0.6) is 0 Å². The van der Waals surface area contributed by atoms with Gasteiger partial charge >= 0.3 is 0 Å². The Labute approximate surface area is 213 Å². The molecule has 0 saturated heterocycles. The summed E-state index contributed by atoms with van der Waals surface area (Å²) in [6.45, 7) is 3.29. The van der Waals surface area contributed by atoms with E-state index in [0.717, 1.165) is 16.3 Å². The van der Waals surface area contributed by atoms with Crippen LogP contribution < -0.4 is 21.1 Å². The van der Waals surface area contributed by atoms with E-state index in [-0.39, 0.29) is 16.6 Å². The monoisotopic (exact) mass is 528 g/mol. The molecule has 35 heavy (non-hydrogen) atoms. The Balaban J connectivity index is 1.56. The fourth-order valence-corrected chi connectivity index (χ4v) is 4.64. The Morgan fingerprint density at radius 3 is 2.06 bits per heavy atom. The van der Waals surface area contributed by atoms with Gasteiger partial charge in [0.2, 0.25) is 15.9 Å². The Hall–Kier alpha value is -3.25. The minimum Gasteiger partial charge on any atom is -0.332 e. The normalized spacial score (nSPS) is 11.9. The molecular weight excluding hydrogens is 504 g/mol. The summed E-state index contributed by atoms with van der Waals surface area (Å²) in [7, 11) is -3.79. The van der Waals surface area contributed by atoms with E-state index in [2.05, 4.69) is 16.0 Å². The van der Waals surface area contributed by atoms with Crippen LogP contribution in [0, 0.1) is 0 Å². The van der Waals surface area contributed by atoms with Gasteiger partial charge in [-0.2, -0.15) is 0 Å². The number of nitrogens with one attached hydrogen (secondary N) is 3. The van der Waals surface area contributed by atoms with E-state index in [0.29, 0.717) is 16.4 Å². The van der Waals surface area contributed by atoms with Crippen LogP contribution in [0.3, 0.4) is 0 Å². The molecule has 1 amide bonds. The lowest BCUT2D eigenvalue weighted by Crippen LogP contribution is -2.22. The van der Waals surface area contributed by atoms with Gasteiger partial charge in [-0.25, -0.2) is 13.6 Å². The quantitative estimate of drug-likeness (QED) is 0.191. The highest BCUT2D eigenvalue weighted by molar-refractivity contribution is 8.00. The number of anilines is 3. The topological polar surface area (TPSA) is 130 Å². The average Bonchev–Trinajstić information content (AvgIpc) is 2.79. The zero-order valence-corrected chi connectivity index (χ0v) is 21.4. The third-order valence-corrected chi connectivity index (χ3v) is 7.00. The first-order chi connectivity index (χ1) is 16.5. The van der Waals surface area contributed by atoms with Crippen molar-refractivity contribution in [3.63, 3.8) is 0 Å². The molecule has 0 aliphatic heterocycles. The SMILES string of the molecule is CC(=O)c1ccc(NC(=S)Nc2cccc(SC(C)C(=O)Nc3ccc(S(N)(=O)=O)cc3)c2)cc1. The third-order valence-electron chi connectivity index (χ3n) is 4.77. The van der Waals surface area contributed by atoms with Gasteiger partial charge in [-0.3, -0.25) is 9.59 Å². The molecule has 0 saturated carbocycles. The van der Waals surface area contributed by atoms with Crippen molar-refractivity contribution in [2.45, 2.75) is 28.9 Å². The van der Waals surface area contributed by atoms with Gasteiger partial charge in [0, 0.05) is 27.5 Å². The number of thiocarbonyl (C=S) groups is 1. The minimum absolute atomic E-state index is 0.00516. The van der Waals surface area contributed by atoms with Gasteiger partial charge in [0.25, 0.3) is 0 Å². The summed E-state index contributed by atoms with van der Waals surface area (Å²) in [4.78, 5) is 24.8. The predicted molar refractivity (Wildman–Crippen MR) is 144 cm³/mol. The number of rotatable bonds is 8. The molecule has 0 aliphatic carbocycles. The van der Waals surface area contributed by atoms with Crippen molar-refractivity contribution in [1.82, 2.24) is 0 Å². The van der Waals surface area contributed by atoms with E-state index in [1.807, 2.05) is 24.3 Å². The number of ketones is 1. The molecule has 11 heteroatoms. The maximum atomic E-state index is 12.6. The van der Waals surface area contributed by atoms with Gasteiger partial charge in [-0.15, -0.1) is 11.8 Å². The summed E-state index contributed by atoms with van der Waals surface area (Å²) in [5.41, 5.74) is 2.59. The first kappa shape index (κ1) is 26.4. The lowest BCUT2D eigenvalue weighted by Gasteiger charge is -2.14. The van der Waals surface area contributed by atoms with Crippen molar-refractivity contribution in [1.29, 1.82) is 0 Å². The molecule has 3 rings (SSSR count). The molecule has 0 radical (unpaired) electrons. The van der Waals surface area contributed by atoms with Crippen LogP contribution >= 0.6 is 24.0 Å². The smallest absolute Gasteiger partial charge is 0.238 e. The zero-order valence-electron chi connectivity index (χ0n) is 18.9. The minimum atomic E-state index is -3.79. The highest BCUT2D eigenvalue weighted by Crippen LogP contribution is 2.27. The van der Waals surface area contributed by atoms with Crippen LogP contribution in [-0.4, -0.2) is 30.5 Å². The Morgan fingerprint density at radius 1 is 0.886 bits per heavy atom. The Kier molecular flexibility index (Phi) is 8.62. The van der Waals surface area contributed by atoms with Crippen LogP contribution in [0.25, 0.3) is 0 Å². The Morgan fingerprint density at radius 2 is 1.46 bits per heavy atom. The van der Waals surface area contributed by atoms with Crippen molar-refractivity contribution < 1.29 is 18.0 Å². The Bertz CT molecular complexity index is 1340. The third kappa shape index (κ3) is 7.89. The van der Waals surface area contributed by atoms with E-state index in [1.54, 1.807) is 31.2 Å². The van der Waals surface area contributed by atoms with Crippen molar-refractivity contribution >= 4 is 67.9 Å². The number of benzene rings is 3. The van der Waals surface area contributed by atoms with Crippen LogP contribution in [0.2, 0.25) is 0 Å². The van der Waals surface area contributed by atoms with Crippen LogP contribution in [0.4, 0.5) is 17.1 Å². The van der Waals surface area contributed by atoms with Crippen molar-refractivity contribution in [2.75, 3.05) is 16.0 Å². The van der Waals surface area contributed by atoms with E-state index in [9.17, 15) is 18.0 Å². The number of carbonyl (C=O) groups excluding carboxylic acids is 2. The summed E-state index contributed by atoms with van der Waals surface area (Å²) in [5.74, 6) is -0.239. The van der Waals surface area contributed by atoms with Crippen LogP contribution in [0.15, 0.2) is 82.6 Å². The summed E-state index contributed by atoms with van der Waals surface area (Å²) >= 11 is 6.74. The number of amides is 1. The largest absolute Gasteiger partial charge is 0.332 e. The number of carbonyl (C=O) groups is 2. The zero-order chi connectivity index (χ0) is 25.6. The van der Waals surface area contributed by atoms with E-state index < -0.39 is 15.3 Å². The first-order valence-electron chi connectivity index (χ1n) is 10.4. The van der Waals surface area contributed by atoms with E-state index in [1.165, 1.54) is 43.0 Å². The predicted octanol–water partition coefficient (Wildman–Crippen LogP) is 4.46. The molecule has 0 aliphatic rings. The molecule has 0 aromatic heterocycles. The molecule has 182 valence electrons. The number of sulfonamides is 1. The number of thioether (sulfide) groups is 1. The van der Waals surface area contributed by atoms with Crippen molar-refractivity contribution in [2.24, 2.45) is 5.14 Å². The highest BCUT2D eigenvalue weighted by Gasteiger charge is 2.16. The standard InChI is InChI=1S/C24H24N4O4S3/c1-15(29)17-6-8-19(9-7-17)27-24(33)28-20-4-3-5-21(14-20)34-16(2)23(30)26-18-10-12-22(13-11-18)35(25,31)32/h3-14,16H,1-2H3,(H,26,30)(H2,25,31,32)(H2,27,28,33). The number of hydrogen-bond donors (Lipinski definition) is 4. The summed E-state index contributed by atoms with van der Waals surface area (Å²) in [5, 5.41) is 14.0.